The smallest absolute Gasteiger partial charge is 0.318 e. The molecule has 0 unspecified atom stereocenters. The number of nitriles is 1. The van der Waals surface area contributed by atoms with Crippen LogP contribution in [-0.2, 0) is 22.6 Å². The van der Waals surface area contributed by atoms with Crippen molar-refractivity contribution >= 4 is 34.1 Å². The molecule has 3 saturated heterocycles. The van der Waals surface area contributed by atoms with Gasteiger partial charge in [-0.15, -0.1) is 0 Å². The second kappa shape index (κ2) is 12.2. The van der Waals surface area contributed by atoms with Crippen molar-refractivity contribution in [3.05, 3.63) is 70.6 Å². The highest BCUT2D eigenvalue weighted by Gasteiger charge is 2.45. The Morgan fingerprint density at radius 2 is 1.93 bits per heavy atom. The van der Waals surface area contributed by atoms with Gasteiger partial charge in [0, 0.05) is 42.0 Å². The Labute approximate surface area is 267 Å². The molecule has 3 fully saturated rings. The van der Waals surface area contributed by atoms with Crippen LogP contribution in [0, 0.1) is 11.3 Å². The van der Waals surface area contributed by atoms with Crippen LogP contribution in [0.15, 0.2) is 48.8 Å². The van der Waals surface area contributed by atoms with E-state index in [0.29, 0.717) is 43.0 Å². The van der Waals surface area contributed by atoms with Gasteiger partial charge < -0.3 is 19.3 Å². The van der Waals surface area contributed by atoms with Gasteiger partial charge in [0.05, 0.1) is 42.5 Å². The fourth-order valence-corrected chi connectivity index (χ4v) is 8.05. The molecule has 2 atom stereocenters. The third-order valence-electron chi connectivity index (χ3n) is 9.97. The average Bonchev–Trinajstić information content (AvgIpc) is 3.63. The molecule has 4 aliphatic rings. The minimum absolute atomic E-state index is 0.0312. The molecule has 7 rings (SSSR count). The number of carbonyl (C=O) groups is 1. The lowest BCUT2D eigenvalue weighted by Crippen LogP contribution is -2.55. The van der Waals surface area contributed by atoms with Crippen molar-refractivity contribution in [1.29, 1.82) is 5.26 Å². The number of hydrogen-bond acceptors (Lipinski definition) is 8. The van der Waals surface area contributed by atoms with Crippen molar-refractivity contribution in [3.8, 4) is 12.1 Å². The first-order valence-electron chi connectivity index (χ1n) is 15.7. The van der Waals surface area contributed by atoms with Gasteiger partial charge in [0.15, 0.2) is 5.83 Å². The molecular weight excluding hydrogens is 595 g/mol. The molecule has 234 valence electrons. The van der Waals surface area contributed by atoms with E-state index in [1.54, 1.807) is 0 Å². The molecule has 3 aromatic rings. The van der Waals surface area contributed by atoms with Crippen LogP contribution in [-0.4, -0.2) is 76.6 Å². The van der Waals surface area contributed by atoms with Gasteiger partial charge in [0.2, 0.25) is 0 Å². The van der Waals surface area contributed by atoms with Crippen molar-refractivity contribution in [3.63, 3.8) is 0 Å². The monoisotopic (exact) mass is 630 g/mol. The molecule has 45 heavy (non-hydrogen) atoms. The summed E-state index contributed by atoms with van der Waals surface area (Å²) in [6, 6.07) is 14.0. The van der Waals surface area contributed by atoms with Gasteiger partial charge in [0.25, 0.3) is 5.91 Å². The second-order valence-electron chi connectivity index (χ2n) is 12.5. The Bertz CT molecular complexity index is 1680. The van der Waals surface area contributed by atoms with Gasteiger partial charge in [-0.25, -0.2) is 4.39 Å². The molecule has 0 radical (unpaired) electrons. The highest BCUT2D eigenvalue weighted by Crippen LogP contribution is 2.41. The molecule has 5 heterocycles. The van der Waals surface area contributed by atoms with Gasteiger partial charge in [-0.2, -0.15) is 15.2 Å². The Balaban J connectivity index is 1.23. The molecule has 11 heteroatoms. The molecule has 0 aliphatic carbocycles. The summed E-state index contributed by atoms with van der Waals surface area (Å²) >= 11 is 6.68. The van der Waals surface area contributed by atoms with E-state index >= 15 is 0 Å². The second-order valence-corrected chi connectivity index (χ2v) is 12.9. The zero-order valence-electron chi connectivity index (χ0n) is 25.2. The highest BCUT2D eigenvalue weighted by atomic mass is 35.5. The van der Waals surface area contributed by atoms with Crippen LogP contribution in [0.2, 0.25) is 5.02 Å². The summed E-state index contributed by atoms with van der Waals surface area (Å²) in [5, 5.41) is 12.2. The average molecular weight is 631 g/mol. The first-order chi connectivity index (χ1) is 21.9. The summed E-state index contributed by atoms with van der Waals surface area (Å²) in [5.41, 5.74) is 2.74. The van der Waals surface area contributed by atoms with Crippen LogP contribution < -0.4 is 9.64 Å². The maximum absolute atomic E-state index is 13.8. The van der Waals surface area contributed by atoms with Crippen LogP contribution in [0.1, 0.15) is 55.0 Å². The molecule has 9 nitrogen and oxygen atoms in total. The molecule has 0 N–H and O–H groups in total. The van der Waals surface area contributed by atoms with Gasteiger partial charge in [0.1, 0.15) is 12.4 Å². The first kappa shape index (κ1) is 29.9. The summed E-state index contributed by atoms with van der Waals surface area (Å²) in [6.07, 6.45) is 4.84. The molecular formula is C34H36ClFN6O3. The Morgan fingerprint density at radius 3 is 2.69 bits per heavy atom. The van der Waals surface area contributed by atoms with E-state index in [-0.39, 0.29) is 31.2 Å². The molecule has 1 amide bonds. The molecule has 4 aliphatic heterocycles. The Hall–Kier alpha value is -3.78. The van der Waals surface area contributed by atoms with E-state index < -0.39 is 17.8 Å². The van der Waals surface area contributed by atoms with Crippen LogP contribution in [0.3, 0.4) is 0 Å². The third-order valence-corrected chi connectivity index (χ3v) is 10.3. The van der Waals surface area contributed by atoms with E-state index in [1.807, 2.05) is 35.2 Å². The summed E-state index contributed by atoms with van der Waals surface area (Å²) in [6.45, 7) is 7.14. The topological polar surface area (TPSA) is 94.8 Å². The molecule has 0 spiro atoms. The number of fused-ring (bicyclic) bond motifs is 3. The minimum Gasteiger partial charge on any atom is -0.461 e. The molecule has 2 aromatic carbocycles. The predicted octanol–water partition coefficient (Wildman–Crippen LogP) is 5.52. The van der Waals surface area contributed by atoms with E-state index in [2.05, 4.69) is 23.6 Å². The Morgan fingerprint density at radius 1 is 1.16 bits per heavy atom. The van der Waals surface area contributed by atoms with Crippen LogP contribution in [0.25, 0.3) is 10.8 Å². The first-order valence-corrected chi connectivity index (χ1v) is 16.1. The van der Waals surface area contributed by atoms with E-state index in [0.717, 1.165) is 53.5 Å². The normalized spacial score (nSPS) is 22.6. The summed E-state index contributed by atoms with van der Waals surface area (Å²) in [5.74, 6) is -1.13. The fourth-order valence-electron chi connectivity index (χ4n) is 7.76. The van der Waals surface area contributed by atoms with E-state index in [4.69, 9.17) is 31.0 Å². The van der Waals surface area contributed by atoms with E-state index in [1.165, 1.54) is 17.7 Å². The molecule has 1 aromatic heterocycles. The van der Waals surface area contributed by atoms with Crippen LogP contribution >= 0.6 is 11.6 Å². The predicted molar refractivity (Wildman–Crippen MR) is 169 cm³/mol. The summed E-state index contributed by atoms with van der Waals surface area (Å²) in [7, 11) is 0. The number of aromatic nitrogens is 2. The molecule has 0 bridgehead atoms. The van der Waals surface area contributed by atoms with Gasteiger partial charge in [-0.05, 0) is 55.8 Å². The standard InChI is InChI=1S/C34H36ClFN6O3/c1-22(36)32(43)42-17-16-40(19-24(42)10-13-37)31-26-20-44-29(25-8-2-6-23-7-3-9-27(35)30(23)25)18-28(26)38-33(39-31)45-21-34-11-4-14-41(34)15-5-12-34/h2-3,6-9,24,29H,1,4-5,10-12,14-21H2/t24-,29-/m0/s1. The van der Waals surface area contributed by atoms with Gasteiger partial charge in [-0.3, -0.25) is 9.69 Å². The number of rotatable bonds is 7. The Kier molecular flexibility index (Phi) is 8.11. The minimum atomic E-state index is -1.03. The lowest BCUT2D eigenvalue weighted by molar-refractivity contribution is -0.131. The number of piperazine rings is 1. The van der Waals surface area contributed by atoms with Crippen molar-refractivity contribution in [1.82, 2.24) is 19.8 Å². The van der Waals surface area contributed by atoms with Crippen molar-refractivity contribution in [2.45, 2.75) is 62.8 Å². The lowest BCUT2D eigenvalue weighted by atomic mass is 9.94. The van der Waals surface area contributed by atoms with Crippen molar-refractivity contribution in [2.75, 3.05) is 44.2 Å². The number of ether oxygens (including phenoxy) is 2. The maximum Gasteiger partial charge on any atom is 0.318 e. The number of amides is 1. The zero-order chi connectivity index (χ0) is 31.1. The van der Waals surface area contributed by atoms with Crippen molar-refractivity contribution in [2.24, 2.45) is 0 Å². The maximum atomic E-state index is 13.8. The molecule has 0 saturated carbocycles. The SMILES string of the molecule is C=C(F)C(=O)N1CCN(c2nc(OCC34CCCN3CCC4)nc3c2CO[C@H](c2cccc4cccc(Cl)c24)C3)C[C@@H]1CC#N. The quantitative estimate of drug-likeness (QED) is 0.315. The number of hydrogen-bond donors (Lipinski definition) is 0. The number of benzene rings is 2. The lowest BCUT2D eigenvalue weighted by Gasteiger charge is -2.42. The number of nitrogens with zero attached hydrogens (tertiary/aromatic N) is 6. The van der Waals surface area contributed by atoms with Gasteiger partial charge in [-0.1, -0.05) is 48.5 Å². The zero-order valence-corrected chi connectivity index (χ0v) is 25.9. The highest BCUT2D eigenvalue weighted by molar-refractivity contribution is 6.35. The van der Waals surface area contributed by atoms with Crippen molar-refractivity contribution < 1.29 is 18.7 Å². The summed E-state index contributed by atoms with van der Waals surface area (Å²) < 4.78 is 26.8. The fraction of sp³-hybridized carbons (Fsp3) is 0.471. The summed E-state index contributed by atoms with van der Waals surface area (Å²) in [4.78, 5) is 28.4. The number of anilines is 1. The van der Waals surface area contributed by atoms with E-state index in [9.17, 15) is 14.4 Å². The van der Waals surface area contributed by atoms with Crippen LogP contribution in [0.5, 0.6) is 6.01 Å². The number of carbonyl (C=O) groups excluding carboxylic acids is 1. The third kappa shape index (κ3) is 5.51. The largest absolute Gasteiger partial charge is 0.461 e. The number of halogens is 2. The van der Waals surface area contributed by atoms with Crippen LogP contribution in [0.4, 0.5) is 10.2 Å². The van der Waals surface area contributed by atoms with Gasteiger partial charge >= 0.3 is 6.01 Å².